The summed E-state index contributed by atoms with van der Waals surface area (Å²) in [6, 6.07) is 17.9. The molecular formula is C21H22N4O. The number of piperidine rings is 1. The number of carbonyl (C=O) groups is 1. The summed E-state index contributed by atoms with van der Waals surface area (Å²) in [6.45, 7) is 3.29. The smallest absolute Gasteiger partial charge is 0.255 e. The van der Waals surface area contributed by atoms with Crippen molar-refractivity contribution >= 4 is 11.6 Å². The zero-order chi connectivity index (χ0) is 17.9. The monoisotopic (exact) mass is 346 g/mol. The number of hydrogen-bond donors (Lipinski definition) is 2. The third-order valence-electron chi connectivity index (χ3n) is 5.40. The second-order valence-corrected chi connectivity index (χ2v) is 7.00. The molecule has 26 heavy (non-hydrogen) atoms. The summed E-state index contributed by atoms with van der Waals surface area (Å²) < 4.78 is 0. The number of carbonyl (C=O) groups excluding carboxylic acids is 1. The van der Waals surface area contributed by atoms with Crippen LogP contribution in [0.15, 0.2) is 48.5 Å². The number of rotatable bonds is 3. The molecule has 1 unspecified atom stereocenters. The Labute approximate surface area is 153 Å². The number of hydrogen-bond acceptors (Lipinski definition) is 4. The summed E-state index contributed by atoms with van der Waals surface area (Å²) in [4.78, 5) is 14.9. The molecule has 0 aliphatic carbocycles. The fourth-order valence-electron chi connectivity index (χ4n) is 3.84. The molecule has 3 saturated heterocycles. The van der Waals surface area contributed by atoms with Crippen LogP contribution in [-0.4, -0.2) is 36.5 Å². The third kappa shape index (κ3) is 3.48. The summed E-state index contributed by atoms with van der Waals surface area (Å²) >= 11 is 0. The molecule has 2 bridgehead atoms. The maximum atomic E-state index is 12.3. The van der Waals surface area contributed by atoms with E-state index in [1.807, 2.05) is 12.1 Å². The van der Waals surface area contributed by atoms with Crippen molar-refractivity contribution in [1.29, 1.82) is 5.26 Å². The molecule has 1 atom stereocenters. The van der Waals surface area contributed by atoms with Crippen LogP contribution in [0.5, 0.6) is 0 Å². The second kappa shape index (κ2) is 7.28. The molecular weight excluding hydrogens is 324 g/mol. The maximum absolute atomic E-state index is 12.3. The van der Waals surface area contributed by atoms with Gasteiger partial charge in [0.2, 0.25) is 0 Å². The second-order valence-electron chi connectivity index (χ2n) is 7.00. The number of nitrogens with one attached hydrogen (secondary N) is 2. The summed E-state index contributed by atoms with van der Waals surface area (Å²) in [7, 11) is 0. The van der Waals surface area contributed by atoms with Crippen LogP contribution < -0.4 is 10.6 Å². The SMILES string of the molecule is N#Cc1ccc(C(=O)Nc2ccc(C3CNC4CCN3CC4)cc2)cc1. The molecule has 2 aromatic rings. The van der Waals surface area contributed by atoms with Gasteiger partial charge in [0.1, 0.15) is 0 Å². The van der Waals surface area contributed by atoms with Gasteiger partial charge in [0.05, 0.1) is 11.6 Å². The average Bonchev–Trinajstić information content (AvgIpc) is 3.02. The van der Waals surface area contributed by atoms with Gasteiger partial charge in [-0.1, -0.05) is 12.1 Å². The van der Waals surface area contributed by atoms with E-state index in [9.17, 15) is 4.79 Å². The number of nitrogens with zero attached hydrogens (tertiary/aromatic N) is 2. The number of amides is 1. The largest absolute Gasteiger partial charge is 0.322 e. The lowest BCUT2D eigenvalue weighted by Gasteiger charge is -2.31. The lowest BCUT2D eigenvalue weighted by molar-refractivity contribution is 0.102. The van der Waals surface area contributed by atoms with E-state index in [4.69, 9.17) is 5.26 Å². The Morgan fingerprint density at radius 2 is 1.77 bits per heavy atom. The van der Waals surface area contributed by atoms with Gasteiger partial charge < -0.3 is 10.6 Å². The molecule has 0 spiro atoms. The van der Waals surface area contributed by atoms with Gasteiger partial charge in [-0.05, 0) is 54.8 Å². The number of benzene rings is 2. The van der Waals surface area contributed by atoms with Crippen molar-refractivity contribution in [3.8, 4) is 6.07 Å². The van der Waals surface area contributed by atoms with Crippen molar-refractivity contribution in [2.24, 2.45) is 0 Å². The molecule has 5 nitrogen and oxygen atoms in total. The molecule has 0 aromatic heterocycles. The summed E-state index contributed by atoms with van der Waals surface area (Å²) in [5, 5.41) is 15.4. The molecule has 3 aliphatic rings. The molecule has 3 aliphatic heterocycles. The van der Waals surface area contributed by atoms with Crippen LogP contribution in [-0.2, 0) is 0 Å². The van der Waals surface area contributed by atoms with Crippen molar-refractivity contribution in [2.75, 3.05) is 25.0 Å². The molecule has 2 aromatic carbocycles. The number of nitriles is 1. The van der Waals surface area contributed by atoms with Crippen LogP contribution in [0.3, 0.4) is 0 Å². The first-order valence-corrected chi connectivity index (χ1v) is 9.12. The van der Waals surface area contributed by atoms with Crippen LogP contribution in [0.2, 0.25) is 0 Å². The molecule has 5 rings (SSSR count). The van der Waals surface area contributed by atoms with Gasteiger partial charge in [0.15, 0.2) is 0 Å². The summed E-state index contributed by atoms with van der Waals surface area (Å²) in [5.41, 5.74) is 3.16. The van der Waals surface area contributed by atoms with E-state index in [2.05, 4.69) is 33.7 Å². The van der Waals surface area contributed by atoms with Gasteiger partial charge in [-0.25, -0.2) is 0 Å². The van der Waals surface area contributed by atoms with Crippen LogP contribution >= 0.6 is 0 Å². The highest BCUT2D eigenvalue weighted by atomic mass is 16.1. The van der Waals surface area contributed by atoms with E-state index in [-0.39, 0.29) is 5.91 Å². The minimum Gasteiger partial charge on any atom is -0.322 e. The Bertz CT molecular complexity index is 815. The first-order valence-electron chi connectivity index (χ1n) is 9.12. The highest BCUT2D eigenvalue weighted by Gasteiger charge is 2.30. The summed E-state index contributed by atoms with van der Waals surface area (Å²) in [6.07, 6.45) is 2.46. The minimum atomic E-state index is -0.166. The van der Waals surface area contributed by atoms with Gasteiger partial charge in [0.25, 0.3) is 5.91 Å². The van der Waals surface area contributed by atoms with Gasteiger partial charge in [-0.2, -0.15) is 5.26 Å². The van der Waals surface area contributed by atoms with Crippen LogP contribution in [0, 0.1) is 11.3 Å². The molecule has 2 N–H and O–H groups in total. The summed E-state index contributed by atoms with van der Waals surface area (Å²) in [5.74, 6) is -0.166. The molecule has 5 heteroatoms. The minimum absolute atomic E-state index is 0.166. The molecule has 132 valence electrons. The molecule has 3 fully saturated rings. The topological polar surface area (TPSA) is 68.2 Å². The molecule has 0 radical (unpaired) electrons. The van der Waals surface area contributed by atoms with E-state index >= 15 is 0 Å². The highest BCUT2D eigenvalue weighted by Crippen LogP contribution is 2.28. The predicted molar refractivity (Wildman–Crippen MR) is 101 cm³/mol. The zero-order valence-electron chi connectivity index (χ0n) is 14.6. The van der Waals surface area contributed by atoms with E-state index in [1.165, 1.54) is 18.4 Å². The number of anilines is 1. The zero-order valence-corrected chi connectivity index (χ0v) is 14.6. The van der Waals surface area contributed by atoms with Gasteiger partial charge in [-0.15, -0.1) is 0 Å². The molecule has 0 saturated carbocycles. The Morgan fingerprint density at radius 1 is 1.08 bits per heavy atom. The lowest BCUT2D eigenvalue weighted by atomic mass is 10.0. The standard InChI is InChI=1S/C21H22N4O/c22-13-15-1-3-17(4-2-15)21(26)24-19-7-5-16(6-8-19)20-14-23-18-9-11-25(20)12-10-18/h1-8,18,20,23H,9-12,14H2,(H,24,26). The van der Waals surface area contributed by atoms with Crippen molar-refractivity contribution in [3.05, 3.63) is 65.2 Å². The van der Waals surface area contributed by atoms with Gasteiger partial charge in [-0.3, -0.25) is 9.69 Å². The Kier molecular flexibility index (Phi) is 4.70. The number of fused-ring (bicyclic) bond motifs is 4. The van der Waals surface area contributed by atoms with E-state index in [1.54, 1.807) is 24.3 Å². The molecule has 3 heterocycles. The predicted octanol–water partition coefficient (Wildman–Crippen LogP) is 2.92. The lowest BCUT2D eigenvalue weighted by Crippen LogP contribution is -2.35. The third-order valence-corrected chi connectivity index (χ3v) is 5.40. The van der Waals surface area contributed by atoms with Crippen LogP contribution in [0.1, 0.15) is 40.4 Å². The van der Waals surface area contributed by atoms with E-state index in [0.29, 0.717) is 23.2 Å². The maximum Gasteiger partial charge on any atom is 0.255 e. The van der Waals surface area contributed by atoms with Crippen molar-refractivity contribution in [1.82, 2.24) is 10.2 Å². The average molecular weight is 346 g/mol. The normalized spacial score (nSPS) is 24.5. The Morgan fingerprint density at radius 3 is 2.42 bits per heavy atom. The first kappa shape index (κ1) is 16.8. The molecule has 1 amide bonds. The first-order chi connectivity index (χ1) is 12.7. The van der Waals surface area contributed by atoms with E-state index < -0.39 is 0 Å². The van der Waals surface area contributed by atoms with Crippen LogP contribution in [0.4, 0.5) is 5.69 Å². The highest BCUT2D eigenvalue weighted by molar-refractivity contribution is 6.04. The Balaban J connectivity index is 1.44. The quantitative estimate of drug-likeness (QED) is 0.897. The van der Waals surface area contributed by atoms with E-state index in [0.717, 1.165) is 25.3 Å². The van der Waals surface area contributed by atoms with Gasteiger partial charge >= 0.3 is 0 Å². The fourth-order valence-corrected chi connectivity index (χ4v) is 3.84. The van der Waals surface area contributed by atoms with Crippen LogP contribution in [0.25, 0.3) is 0 Å². The fraction of sp³-hybridized carbons (Fsp3) is 0.333. The van der Waals surface area contributed by atoms with Gasteiger partial charge in [0, 0.05) is 43.0 Å². The van der Waals surface area contributed by atoms with Crippen molar-refractivity contribution in [2.45, 2.75) is 24.9 Å². The van der Waals surface area contributed by atoms with Crippen molar-refractivity contribution in [3.63, 3.8) is 0 Å². The van der Waals surface area contributed by atoms with Crippen molar-refractivity contribution < 1.29 is 4.79 Å². The Hall–Kier alpha value is -2.68.